The summed E-state index contributed by atoms with van der Waals surface area (Å²) in [4.78, 5) is 8.46. The maximum atomic E-state index is 5.44. The van der Waals surface area contributed by atoms with E-state index in [1.807, 2.05) is 48.5 Å². The Morgan fingerprint density at radius 3 is 1.71 bits per heavy atom. The normalized spacial score (nSPS) is 10.9. The summed E-state index contributed by atoms with van der Waals surface area (Å²) in [5.74, 6) is 0. The number of hydrogen-bond donors (Lipinski definition) is 0. The second-order valence-corrected chi connectivity index (χ2v) is 4.43. The number of benzene rings is 2. The van der Waals surface area contributed by atoms with Gasteiger partial charge in [0.15, 0.2) is 0 Å². The van der Waals surface area contributed by atoms with E-state index in [9.17, 15) is 0 Å². The molecule has 4 rings (SSSR count). The molecule has 0 saturated carbocycles. The lowest BCUT2D eigenvalue weighted by Crippen LogP contribution is -2.26. The molecule has 2 aromatic carbocycles. The number of nitrogens with zero attached hydrogens (tertiary/aromatic N) is 4. The molecule has 4 aromatic rings. The second-order valence-electron chi connectivity index (χ2n) is 4.43. The van der Waals surface area contributed by atoms with Gasteiger partial charge in [-0.3, -0.25) is 0 Å². The molecule has 0 aliphatic carbocycles. The highest BCUT2D eigenvalue weighted by molar-refractivity contribution is 6.18. The van der Waals surface area contributed by atoms with Gasteiger partial charge >= 0.3 is 7.69 Å². The SMILES string of the molecule is [B](On1cnc2ccccc21)On1cnc2ccccc21. The number of para-hydroxylation sites is 4. The smallest absolute Gasteiger partial charge is 0.433 e. The summed E-state index contributed by atoms with van der Waals surface area (Å²) in [5, 5.41) is 0. The van der Waals surface area contributed by atoms with Crippen LogP contribution in [0.2, 0.25) is 0 Å². The van der Waals surface area contributed by atoms with E-state index in [1.54, 1.807) is 12.7 Å². The van der Waals surface area contributed by atoms with Crippen LogP contribution >= 0.6 is 0 Å². The Morgan fingerprint density at radius 2 is 1.19 bits per heavy atom. The average molecular weight is 277 g/mol. The third-order valence-electron chi connectivity index (χ3n) is 3.15. The minimum Gasteiger partial charge on any atom is -0.433 e. The van der Waals surface area contributed by atoms with E-state index in [1.165, 1.54) is 17.1 Å². The van der Waals surface area contributed by atoms with E-state index in [0.717, 1.165) is 22.1 Å². The predicted molar refractivity (Wildman–Crippen MR) is 78.4 cm³/mol. The van der Waals surface area contributed by atoms with Crippen LogP contribution in [-0.4, -0.2) is 27.1 Å². The van der Waals surface area contributed by atoms with Crippen molar-refractivity contribution in [1.29, 1.82) is 0 Å². The highest BCUT2D eigenvalue weighted by Crippen LogP contribution is 2.11. The Kier molecular flexibility index (Phi) is 2.74. The minimum atomic E-state index is 0.860. The molecule has 0 spiro atoms. The average Bonchev–Trinajstić information content (AvgIpc) is 3.13. The maximum Gasteiger partial charge on any atom is 0.701 e. The third-order valence-corrected chi connectivity index (χ3v) is 3.15. The number of fused-ring (bicyclic) bond motifs is 2. The van der Waals surface area contributed by atoms with Crippen LogP contribution in [0.3, 0.4) is 0 Å². The van der Waals surface area contributed by atoms with Crippen LogP contribution in [0.4, 0.5) is 0 Å². The van der Waals surface area contributed by atoms with Gasteiger partial charge in [-0.05, 0) is 24.3 Å². The van der Waals surface area contributed by atoms with Gasteiger partial charge in [-0.1, -0.05) is 24.3 Å². The van der Waals surface area contributed by atoms with Gasteiger partial charge in [-0.2, -0.15) is 9.46 Å². The molecule has 1 radical (unpaired) electrons. The van der Waals surface area contributed by atoms with Crippen LogP contribution in [-0.2, 0) is 0 Å². The van der Waals surface area contributed by atoms with E-state index in [2.05, 4.69) is 9.97 Å². The molecule has 0 aliphatic rings. The number of hydrogen-bond acceptors (Lipinski definition) is 4. The molecule has 0 aliphatic heterocycles. The monoisotopic (exact) mass is 277 g/mol. The molecule has 0 unspecified atom stereocenters. The van der Waals surface area contributed by atoms with Gasteiger partial charge < -0.3 is 9.51 Å². The Bertz CT molecular complexity index is 828. The largest absolute Gasteiger partial charge is 0.701 e. The van der Waals surface area contributed by atoms with Crippen molar-refractivity contribution in [2.24, 2.45) is 0 Å². The van der Waals surface area contributed by atoms with Gasteiger partial charge in [-0.15, -0.1) is 0 Å². The van der Waals surface area contributed by atoms with Crippen molar-refractivity contribution < 1.29 is 9.51 Å². The van der Waals surface area contributed by atoms with Gasteiger partial charge in [-0.25, -0.2) is 9.97 Å². The fourth-order valence-corrected chi connectivity index (χ4v) is 2.15. The maximum absolute atomic E-state index is 5.44. The molecule has 0 saturated heterocycles. The molecule has 0 atom stereocenters. The lowest BCUT2D eigenvalue weighted by atomic mass is 10.3. The van der Waals surface area contributed by atoms with Crippen molar-refractivity contribution in [3.8, 4) is 0 Å². The minimum absolute atomic E-state index is 0.860. The summed E-state index contributed by atoms with van der Waals surface area (Å²) in [7, 11) is 1.24. The van der Waals surface area contributed by atoms with Gasteiger partial charge in [0.1, 0.15) is 23.7 Å². The highest BCUT2D eigenvalue weighted by Gasteiger charge is 2.08. The number of imidazole rings is 2. The summed E-state index contributed by atoms with van der Waals surface area (Å²) in [6.45, 7) is 0. The topological polar surface area (TPSA) is 54.1 Å². The zero-order valence-corrected chi connectivity index (χ0v) is 11.0. The molecule has 0 bridgehead atoms. The van der Waals surface area contributed by atoms with Crippen molar-refractivity contribution >= 4 is 29.8 Å². The molecule has 0 N–H and O–H groups in total. The van der Waals surface area contributed by atoms with Crippen LogP contribution in [0.1, 0.15) is 0 Å². The van der Waals surface area contributed by atoms with Gasteiger partial charge in [0.2, 0.25) is 0 Å². The number of aromatic nitrogens is 4. The summed E-state index contributed by atoms with van der Waals surface area (Å²) >= 11 is 0. The lowest BCUT2D eigenvalue weighted by molar-refractivity contribution is 0.197. The van der Waals surface area contributed by atoms with Gasteiger partial charge in [0.05, 0.1) is 11.0 Å². The van der Waals surface area contributed by atoms with Crippen molar-refractivity contribution in [3.05, 3.63) is 61.2 Å². The second kappa shape index (κ2) is 4.86. The first-order chi connectivity index (χ1) is 10.4. The van der Waals surface area contributed by atoms with Gasteiger partial charge in [0, 0.05) is 0 Å². The summed E-state index contributed by atoms with van der Waals surface area (Å²) < 4.78 is 14.0. The molecule has 0 fully saturated rings. The zero-order valence-electron chi connectivity index (χ0n) is 11.0. The van der Waals surface area contributed by atoms with Gasteiger partial charge in [0.25, 0.3) is 0 Å². The Labute approximate surface area is 120 Å². The van der Waals surface area contributed by atoms with Crippen molar-refractivity contribution in [3.63, 3.8) is 0 Å². The fraction of sp³-hybridized carbons (Fsp3) is 0. The zero-order chi connectivity index (χ0) is 14.1. The molecular weight excluding hydrogens is 267 g/mol. The molecule has 2 aromatic heterocycles. The lowest BCUT2D eigenvalue weighted by Gasteiger charge is -2.07. The van der Waals surface area contributed by atoms with E-state index in [0.29, 0.717) is 0 Å². The van der Waals surface area contributed by atoms with E-state index >= 15 is 0 Å². The molecular formula is C14H10BN4O2. The first-order valence-electron chi connectivity index (χ1n) is 6.42. The first-order valence-corrected chi connectivity index (χ1v) is 6.42. The molecule has 6 nitrogen and oxygen atoms in total. The first kappa shape index (κ1) is 11.8. The Morgan fingerprint density at radius 1 is 0.714 bits per heavy atom. The van der Waals surface area contributed by atoms with Crippen LogP contribution in [0.5, 0.6) is 0 Å². The highest BCUT2D eigenvalue weighted by atomic mass is 16.7. The standard InChI is InChI=1S/C14H10BN4O2/c1-3-7-13-11(5-1)16-9-18(13)20-15-21-19-10-17-12-6-2-4-8-14(12)19/h1-10H. The Hall–Kier alpha value is -2.96. The van der Waals surface area contributed by atoms with Crippen LogP contribution in [0.15, 0.2) is 61.2 Å². The molecule has 2 heterocycles. The third kappa shape index (κ3) is 2.08. The predicted octanol–water partition coefficient (Wildman–Crippen LogP) is 1.48. The summed E-state index contributed by atoms with van der Waals surface area (Å²) in [6.07, 6.45) is 3.19. The van der Waals surface area contributed by atoms with E-state index in [4.69, 9.17) is 9.51 Å². The van der Waals surface area contributed by atoms with Crippen molar-refractivity contribution in [2.75, 3.05) is 0 Å². The van der Waals surface area contributed by atoms with E-state index in [-0.39, 0.29) is 0 Å². The number of rotatable bonds is 4. The van der Waals surface area contributed by atoms with Crippen molar-refractivity contribution in [2.45, 2.75) is 0 Å². The van der Waals surface area contributed by atoms with E-state index < -0.39 is 0 Å². The fourth-order valence-electron chi connectivity index (χ4n) is 2.15. The van der Waals surface area contributed by atoms with Crippen LogP contribution < -0.4 is 9.51 Å². The summed E-state index contributed by atoms with van der Waals surface area (Å²) in [5.41, 5.74) is 3.46. The van der Waals surface area contributed by atoms with Crippen LogP contribution in [0.25, 0.3) is 22.1 Å². The quantitative estimate of drug-likeness (QED) is 0.530. The van der Waals surface area contributed by atoms with Crippen LogP contribution in [0, 0.1) is 0 Å². The molecule has 101 valence electrons. The van der Waals surface area contributed by atoms with Crippen molar-refractivity contribution in [1.82, 2.24) is 19.4 Å². The molecule has 0 amide bonds. The Balaban J connectivity index is 1.50. The molecule has 21 heavy (non-hydrogen) atoms. The molecule has 7 heteroatoms. The summed E-state index contributed by atoms with van der Waals surface area (Å²) in [6, 6.07) is 15.4.